The van der Waals surface area contributed by atoms with E-state index in [0.29, 0.717) is 24.0 Å². The molecule has 0 bridgehead atoms. The number of anilines is 1. The highest BCUT2D eigenvalue weighted by Crippen LogP contribution is 2.60. The van der Waals surface area contributed by atoms with Crippen molar-refractivity contribution >= 4 is 57.6 Å². The number of H-pyrrole nitrogens is 1. The maximum absolute atomic E-state index is 15.4. The molecule has 0 radical (unpaired) electrons. The molecule has 2 amide bonds. The summed E-state index contributed by atoms with van der Waals surface area (Å²) >= 11 is 3.71. The molecule has 3 aliphatic heterocycles. The van der Waals surface area contributed by atoms with Crippen LogP contribution in [0.1, 0.15) is 35.6 Å². The predicted molar refractivity (Wildman–Crippen MR) is 235 cm³/mol. The Labute approximate surface area is 352 Å². The number of methoxy groups -OCH3 is 1. The van der Waals surface area contributed by atoms with Crippen LogP contribution in [-0.4, -0.2) is 65.5 Å². The molecule has 59 heavy (non-hydrogen) atoms. The van der Waals surface area contributed by atoms with Crippen LogP contribution in [0, 0.1) is 5.92 Å². The summed E-state index contributed by atoms with van der Waals surface area (Å²) in [6.45, 7) is 7.29. The third kappa shape index (κ3) is 6.48. The second-order valence-electron chi connectivity index (χ2n) is 16.7. The zero-order chi connectivity index (χ0) is 41.2. The molecule has 1 aromatic heterocycles. The molecule has 4 heterocycles. The van der Waals surface area contributed by atoms with Gasteiger partial charge in [-0.15, -0.1) is 0 Å². The number of aromatic amines is 1. The van der Waals surface area contributed by atoms with Crippen LogP contribution in [-0.2, 0) is 39.4 Å². The van der Waals surface area contributed by atoms with Gasteiger partial charge in [0, 0.05) is 22.5 Å². The molecule has 1 fully saturated rings. The van der Waals surface area contributed by atoms with E-state index in [2.05, 4.69) is 59.2 Å². The van der Waals surface area contributed by atoms with Crippen LogP contribution in [0.3, 0.4) is 0 Å². The van der Waals surface area contributed by atoms with E-state index in [1.54, 1.807) is 18.1 Å². The summed E-state index contributed by atoms with van der Waals surface area (Å²) in [4.78, 5) is 46.8. The number of benzene rings is 5. The van der Waals surface area contributed by atoms with Crippen LogP contribution < -0.4 is 20.4 Å². The Hall–Kier alpha value is -5.27. The molecule has 302 valence electrons. The summed E-state index contributed by atoms with van der Waals surface area (Å²) in [6.07, 6.45) is 0.0730. The summed E-state index contributed by atoms with van der Waals surface area (Å²) in [5, 5.41) is 15.5. The van der Waals surface area contributed by atoms with E-state index in [-0.39, 0.29) is 54.4 Å². The first-order chi connectivity index (χ1) is 28.4. The predicted octanol–water partition coefficient (Wildman–Crippen LogP) is 7.19. The lowest BCUT2D eigenvalue weighted by Crippen LogP contribution is -2.52. The average molecular weight is 872 g/mol. The van der Waals surface area contributed by atoms with Gasteiger partial charge in [-0.2, -0.15) is 0 Å². The van der Waals surface area contributed by atoms with E-state index in [4.69, 9.17) is 9.47 Å². The van der Waals surface area contributed by atoms with E-state index in [1.807, 2.05) is 95.9 Å². The van der Waals surface area contributed by atoms with E-state index in [1.165, 1.54) is 9.87 Å². The number of ether oxygens (including phenoxy) is 2. The van der Waals surface area contributed by atoms with Crippen LogP contribution in [0.2, 0.25) is 18.6 Å². The highest BCUT2D eigenvalue weighted by Gasteiger charge is 2.66. The first-order valence-electron chi connectivity index (χ1n) is 20.1. The molecule has 1 saturated heterocycles. The van der Waals surface area contributed by atoms with Gasteiger partial charge in [0.05, 0.1) is 69.2 Å². The van der Waals surface area contributed by atoms with Gasteiger partial charge >= 0.3 is 0 Å². The molecule has 0 saturated carbocycles. The van der Waals surface area contributed by atoms with Gasteiger partial charge in [-0.1, -0.05) is 102 Å². The van der Waals surface area contributed by atoms with Crippen molar-refractivity contribution in [2.24, 2.45) is 5.92 Å². The second kappa shape index (κ2) is 15.1. The summed E-state index contributed by atoms with van der Waals surface area (Å²) in [5.74, 6) is 0.207. The number of halogens is 1. The molecule has 10 nitrogen and oxygen atoms in total. The van der Waals surface area contributed by atoms with E-state index < -0.39 is 19.8 Å². The van der Waals surface area contributed by atoms with Crippen molar-refractivity contribution in [1.29, 1.82) is 0 Å². The number of rotatable bonds is 9. The molecule has 5 atom stereocenters. The third-order valence-electron chi connectivity index (χ3n) is 13.2. The number of aliphatic hydroxyl groups excluding tert-OH is 1. The standard InChI is InChI=1S/C47H47BrN4O6Si/c1-29-44(59(3,4)37-20-18-36(57-2)19-21-37)42(25-43(54)50-27-32-10-6-5-9-31(32)23-35(50)28-53)58-47(29)39-24-33(48)15-22-41(39)51(46(47)56)26-30-13-16-34(17-14-30)52-45(55)38-11-7-8-12-40(38)49-52/h5-22,24,29,35,42,44,49,53H,23,25-28H2,1-4H3/t29-,35+,42+,44-,47+/m1/s1. The van der Waals surface area contributed by atoms with Crippen molar-refractivity contribution in [1.82, 2.24) is 14.7 Å². The van der Waals surface area contributed by atoms with Crippen molar-refractivity contribution in [2.45, 2.75) is 69.2 Å². The molecule has 12 heteroatoms. The summed E-state index contributed by atoms with van der Waals surface area (Å²) in [5.41, 5.74) is 4.49. The van der Waals surface area contributed by atoms with Gasteiger partial charge in [0.2, 0.25) is 5.91 Å². The number of fused-ring (bicyclic) bond motifs is 4. The molecule has 0 aliphatic carbocycles. The number of nitrogens with zero attached hydrogens (tertiary/aromatic N) is 3. The fraction of sp³-hybridized carbons (Fsp3) is 0.298. The molecule has 5 aromatic carbocycles. The number of amides is 2. The van der Waals surface area contributed by atoms with Crippen LogP contribution in [0.4, 0.5) is 5.69 Å². The Morgan fingerprint density at radius 2 is 1.66 bits per heavy atom. The van der Waals surface area contributed by atoms with Crippen LogP contribution in [0.5, 0.6) is 5.75 Å². The Bertz CT molecular complexity index is 2640. The number of carbonyl (C=O) groups is 2. The number of nitrogens with one attached hydrogen (secondary N) is 1. The largest absolute Gasteiger partial charge is 0.497 e. The zero-order valence-corrected chi connectivity index (χ0v) is 36.1. The Morgan fingerprint density at radius 1 is 0.949 bits per heavy atom. The van der Waals surface area contributed by atoms with Gasteiger partial charge in [0.25, 0.3) is 11.5 Å². The van der Waals surface area contributed by atoms with Crippen molar-refractivity contribution < 1.29 is 24.2 Å². The summed E-state index contributed by atoms with van der Waals surface area (Å²) in [7, 11) is -0.878. The van der Waals surface area contributed by atoms with Gasteiger partial charge in [-0.05, 0) is 83.2 Å². The van der Waals surface area contributed by atoms with Gasteiger partial charge < -0.3 is 24.4 Å². The summed E-state index contributed by atoms with van der Waals surface area (Å²) in [6, 6.07) is 36.9. The number of hydrogen-bond acceptors (Lipinski definition) is 6. The smallest absolute Gasteiger partial charge is 0.279 e. The van der Waals surface area contributed by atoms with Crippen LogP contribution >= 0.6 is 15.9 Å². The van der Waals surface area contributed by atoms with Crippen LogP contribution in [0.25, 0.3) is 16.6 Å². The number of aromatic nitrogens is 2. The van der Waals surface area contributed by atoms with Crippen molar-refractivity contribution in [3.63, 3.8) is 0 Å². The molecule has 3 aliphatic rings. The second-order valence-corrected chi connectivity index (χ2v) is 22.3. The van der Waals surface area contributed by atoms with Gasteiger partial charge in [-0.25, -0.2) is 4.68 Å². The van der Waals surface area contributed by atoms with E-state index >= 15 is 4.79 Å². The number of aliphatic hydroxyl groups is 1. The quantitative estimate of drug-likeness (QED) is 0.149. The first kappa shape index (κ1) is 39.2. The average Bonchev–Trinajstić information content (AvgIpc) is 3.83. The number of hydrogen-bond donors (Lipinski definition) is 2. The Morgan fingerprint density at radius 3 is 2.37 bits per heavy atom. The minimum absolute atomic E-state index is 0.0766. The lowest BCUT2D eigenvalue weighted by molar-refractivity contribution is -0.151. The normalized spacial score (nSPS) is 22.6. The molecule has 6 aromatic rings. The minimum Gasteiger partial charge on any atom is -0.497 e. The van der Waals surface area contributed by atoms with Crippen molar-refractivity contribution in [3.05, 3.63) is 152 Å². The zero-order valence-electron chi connectivity index (χ0n) is 33.5. The third-order valence-corrected chi connectivity index (χ3v) is 18.0. The topological polar surface area (TPSA) is 117 Å². The maximum Gasteiger partial charge on any atom is 0.279 e. The number of carbonyl (C=O) groups excluding carboxylic acids is 2. The van der Waals surface area contributed by atoms with Gasteiger partial charge in [-0.3, -0.25) is 19.5 Å². The molecule has 9 rings (SSSR count). The molecule has 0 unspecified atom stereocenters. The molecule has 1 spiro atoms. The highest BCUT2D eigenvalue weighted by molar-refractivity contribution is 9.10. The fourth-order valence-electron chi connectivity index (χ4n) is 10.1. The monoisotopic (exact) mass is 870 g/mol. The Kier molecular flexibility index (Phi) is 10.0. The maximum atomic E-state index is 15.4. The highest BCUT2D eigenvalue weighted by atomic mass is 79.9. The fourth-order valence-corrected chi connectivity index (χ4v) is 14.5. The van der Waals surface area contributed by atoms with Gasteiger partial charge in [0.1, 0.15) is 5.75 Å². The van der Waals surface area contributed by atoms with Crippen molar-refractivity contribution in [2.75, 3.05) is 18.6 Å². The molecular weight excluding hydrogens is 825 g/mol. The number of para-hydroxylation sites is 1. The summed E-state index contributed by atoms with van der Waals surface area (Å²) < 4.78 is 15.2. The minimum atomic E-state index is -2.53. The van der Waals surface area contributed by atoms with Gasteiger partial charge in [0.15, 0.2) is 5.60 Å². The first-order valence-corrected chi connectivity index (χ1v) is 24.0. The molecule has 2 N–H and O–H groups in total. The lowest BCUT2D eigenvalue weighted by Gasteiger charge is -2.39. The van der Waals surface area contributed by atoms with Crippen LogP contribution in [0.15, 0.2) is 125 Å². The lowest BCUT2D eigenvalue weighted by atomic mass is 9.82. The van der Waals surface area contributed by atoms with E-state index in [9.17, 15) is 14.7 Å². The van der Waals surface area contributed by atoms with E-state index in [0.717, 1.165) is 43.7 Å². The van der Waals surface area contributed by atoms with Crippen molar-refractivity contribution in [3.8, 4) is 11.4 Å². The molecular formula is C47H47BrN4O6Si. The Balaban J connectivity index is 1.08. The SMILES string of the molecule is COc1ccc([Si](C)(C)[C@H]2[C@H](CC(=O)N3Cc4ccccc4C[C@H]3CO)O[C@@]3(C(=O)N(Cc4ccc(-n5[nH]c6ccccc6c5=O)cc4)c4ccc(Br)cc43)[C@@H]2C)cc1.